The van der Waals surface area contributed by atoms with Crippen LogP contribution in [0.25, 0.3) is 0 Å². The van der Waals surface area contributed by atoms with Gasteiger partial charge < -0.3 is 49.0 Å². The van der Waals surface area contributed by atoms with Crippen LogP contribution in [0.4, 0.5) is 0 Å². The van der Waals surface area contributed by atoms with Gasteiger partial charge in [-0.1, -0.05) is 6.92 Å². The highest BCUT2D eigenvalue weighted by Crippen LogP contribution is 2.53. The molecule has 0 spiro atoms. The normalized spacial score (nSPS) is 23.8. The number of carbonyl (C=O) groups is 1. The number of rotatable bonds is 11. The highest BCUT2D eigenvalue weighted by atomic mass is 16.7. The van der Waals surface area contributed by atoms with Gasteiger partial charge in [-0.3, -0.25) is 4.79 Å². The Bertz CT molecular complexity index is 1220. The second-order valence-electron chi connectivity index (χ2n) is 11.0. The second-order valence-corrected chi connectivity index (χ2v) is 11.0. The van der Waals surface area contributed by atoms with Gasteiger partial charge in [0.15, 0.2) is 23.0 Å². The number of piperazine rings is 1. The van der Waals surface area contributed by atoms with Crippen LogP contribution < -0.4 is 29.0 Å². The summed E-state index contributed by atoms with van der Waals surface area (Å²) in [6.45, 7) is 8.53. The molecule has 1 fully saturated rings. The number of amides is 1. The zero-order valence-electron chi connectivity index (χ0n) is 24.9. The van der Waals surface area contributed by atoms with Crippen molar-refractivity contribution in [1.82, 2.24) is 15.1 Å². The summed E-state index contributed by atoms with van der Waals surface area (Å²) in [5.41, 5.74) is 2.04. The van der Waals surface area contributed by atoms with Gasteiger partial charge in [-0.25, -0.2) is 0 Å². The van der Waals surface area contributed by atoms with Crippen LogP contribution >= 0.6 is 0 Å². The topological polar surface area (TPSA) is 122 Å². The van der Waals surface area contributed by atoms with E-state index in [-0.39, 0.29) is 19.3 Å². The molecule has 1 aliphatic carbocycles. The Morgan fingerprint density at radius 2 is 1.57 bits per heavy atom. The van der Waals surface area contributed by atoms with E-state index in [2.05, 4.69) is 22.0 Å². The average Bonchev–Trinajstić information content (AvgIpc) is 3.49. The van der Waals surface area contributed by atoms with Crippen LogP contribution in [0.15, 0.2) is 24.3 Å². The fourth-order valence-corrected chi connectivity index (χ4v) is 6.55. The lowest BCUT2D eigenvalue weighted by atomic mass is 9.64. The molecule has 11 nitrogen and oxygen atoms in total. The number of ether oxygens (including phenoxy) is 5. The van der Waals surface area contributed by atoms with Crippen molar-refractivity contribution >= 4 is 5.91 Å². The minimum absolute atomic E-state index is 0.0734. The molecular weight excluding hydrogens is 542 g/mol. The van der Waals surface area contributed by atoms with Gasteiger partial charge in [0.1, 0.15) is 0 Å². The molecule has 4 atom stereocenters. The summed E-state index contributed by atoms with van der Waals surface area (Å²) in [6.07, 6.45) is -0.274. The van der Waals surface area contributed by atoms with E-state index in [9.17, 15) is 15.0 Å². The van der Waals surface area contributed by atoms with E-state index in [0.29, 0.717) is 40.9 Å². The highest BCUT2D eigenvalue weighted by molar-refractivity contribution is 5.82. The first-order valence-electron chi connectivity index (χ1n) is 14.7. The summed E-state index contributed by atoms with van der Waals surface area (Å²) in [5.74, 6) is 0.0740. The van der Waals surface area contributed by atoms with Crippen LogP contribution in [-0.4, -0.2) is 106 Å². The first-order valence-corrected chi connectivity index (χ1v) is 14.7. The number of nitrogens with one attached hydrogen (secondary N) is 1. The minimum atomic E-state index is -1.08. The summed E-state index contributed by atoms with van der Waals surface area (Å²) < 4.78 is 28.1. The quantitative estimate of drug-likeness (QED) is 0.338. The number of carbonyl (C=O) groups excluding carboxylic acids is 1. The van der Waals surface area contributed by atoms with E-state index in [1.807, 2.05) is 18.2 Å². The van der Waals surface area contributed by atoms with Gasteiger partial charge >= 0.3 is 0 Å². The zero-order chi connectivity index (χ0) is 29.8. The number of aliphatic hydroxyl groups excluding tert-OH is 2. The van der Waals surface area contributed by atoms with Crippen molar-refractivity contribution in [2.24, 2.45) is 11.8 Å². The number of likely N-dealkylation sites (N-methyl/N-ethyl adjacent to an activating group) is 1. The molecular formula is C31H43N3O8. The first-order chi connectivity index (χ1) is 20.4. The van der Waals surface area contributed by atoms with Crippen LogP contribution in [0, 0.1) is 11.8 Å². The van der Waals surface area contributed by atoms with Gasteiger partial charge in [0.2, 0.25) is 18.4 Å². The molecule has 5 rings (SSSR count). The lowest BCUT2D eigenvalue weighted by molar-refractivity contribution is -0.131. The van der Waals surface area contributed by atoms with Crippen molar-refractivity contribution in [2.45, 2.75) is 25.4 Å². The van der Waals surface area contributed by atoms with E-state index >= 15 is 0 Å². The smallest absolute Gasteiger partial charge is 0.231 e. The maximum absolute atomic E-state index is 14.0. The Labute approximate surface area is 247 Å². The number of fused-ring (bicyclic) bond motifs is 2. The van der Waals surface area contributed by atoms with E-state index in [1.165, 1.54) is 7.11 Å². The van der Waals surface area contributed by atoms with Gasteiger partial charge in [-0.15, -0.1) is 0 Å². The molecule has 2 heterocycles. The summed E-state index contributed by atoms with van der Waals surface area (Å²) >= 11 is 0. The predicted molar refractivity (Wildman–Crippen MR) is 156 cm³/mol. The van der Waals surface area contributed by atoms with Gasteiger partial charge in [0.25, 0.3) is 0 Å². The van der Waals surface area contributed by atoms with Gasteiger partial charge in [-0.05, 0) is 60.5 Å². The van der Waals surface area contributed by atoms with E-state index in [0.717, 1.165) is 56.8 Å². The van der Waals surface area contributed by atoms with Crippen molar-refractivity contribution < 1.29 is 38.7 Å². The van der Waals surface area contributed by atoms with Gasteiger partial charge in [0.05, 0.1) is 33.4 Å². The minimum Gasteiger partial charge on any atom is -0.493 e. The van der Waals surface area contributed by atoms with Crippen LogP contribution in [0.1, 0.15) is 42.1 Å². The van der Waals surface area contributed by atoms with E-state index in [4.69, 9.17) is 23.7 Å². The van der Waals surface area contributed by atoms with Crippen LogP contribution in [-0.2, 0) is 4.79 Å². The fourth-order valence-electron chi connectivity index (χ4n) is 6.55. The van der Waals surface area contributed by atoms with Crippen molar-refractivity contribution in [3.8, 4) is 28.7 Å². The summed E-state index contributed by atoms with van der Waals surface area (Å²) in [5, 5.41) is 25.2. The molecule has 0 bridgehead atoms. The first kappa shape index (κ1) is 30.2. The molecule has 1 amide bonds. The number of aliphatic hydroxyl groups is 2. The molecule has 42 heavy (non-hydrogen) atoms. The molecule has 2 aliphatic heterocycles. The zero-order valence-corrected chi connectivity index (χ0v) is 24.9. The molecule has 0 radical (unpaired) electrons. The molecule has 0 unspecified atom stereocenters. The number of methoxy groups -OCH3 is 3. The fraction of sp³-hybridized carbons (Fsp3) is 0.581. The maximum Gasteiger partial charge on any atom is 0.231 e. The number of hydrogen-bond donors (Lipinski definition) is 3. The summed E-state index contributed by atoms with van der Waals surface area (Å²) in [7, 11) is 4.62. The van der Waals surface area contributed by atoms with Gasteiger partial charge in [-0.2, -0.15) is 0 Å². The van der Waals surface area contributed by atoms with Crippen molar-refractivity contribution in [1.29, 1.82) is 0 Å². The number of hydrogen-bond acceptors (Lipinski definition) is 10. The highest BCUT2D eigenvalue weighted by Gasteiger charge is 2.47. The Morgan fingerprint density at radius 3 is 2.14 bits per heavy atom. The third-order valence-electron chi connectivity index (χ3n) is 8.88. The molecule has 3 aliphatic rings. The number of nitrogens with zero attached hydrogens (tertiary/aromatic N) is 2. The average molecular weight is 586 g/mol. The van der Waals surface area contributed by atoms with E-state index in [1.54, 1.807) is 20.3 Å². The Balaban J connectivity index is 1.46. The lowest BCUT2D eigenvalue weighted by Gasteiger charge is -2.41. The third kappa shape index (κ3) is 5.83. The van der Waals surface area contributed by atoms with Crippen LogP contribution in [0.2, 0.25) is 0 Å². The monoisotopic (exact) mass is 585 g/mol. The predicted octanol–water partition coefficient (Wildman–Crippen LogP) is 1.99. The summed E-state index contributed by atoms with van der Waals surface area (Å²) in [4.78, 5) is 18.9. The molecule has 3 N–H and O–H groups in total. The Morgan fingerprint density at radius 1 is 0.952 bits per heavy atom. The molecule has 0 aromatic heterocycles. The van der Waals surface area contributed by atoms with Crippen molar-refractivity contribution in [2.75, 3.05) is 80.5 Å². The third-order valence-corrected chi connectivity index (χ3v) is 8.88. The largest absolute Gasteiger partial charge is 0.493 e. The molecule has 11 heteroatoms. The number of benzene rings is 2. The molecule has 1 saturated heterocycles. The van der Waals surface area contributed by atoms with Crippen LogP contribution in [0.5, 0.6) is 28.7 Å². The standard InChI is InChI=1S/C31H43N3O8/c1-5-33-9-11-34(12-10-33)8-6-7-32-31(37)28-22(17-35)29(36)21-16-24-23(41-18-42-24)15-20(21)27(28)19-13-25(38-2)30(40-4)26(14-19)39-3/h13-16,22,27-29,35-36H,5-12,17-18H2,1-4H3,(H,32,37)/t22-,27+,28-,29-/m0/s1. The van der Waals surface area contributed by atoms with Crippen molar-refractivity contribution in [3.63, 3.8) is 0 Å². The molecule has 2 aromatic carbocycles. The maximum atomic E-state index is 14.0. The molecule has 2 aromatic rings. The second kappa shape index (κ2) is 13.4. The van der Waals surface area contributed by atoms with Crippen molar-refractivity contribution in [3.05, 3.63) is 41.0 Å². The lowest BCUT2D eigenvalue weighted by Crippen LogP contribution is -2.47. The van der Waals surface area contributed by atoms with Gasteiger partial charge in [0, 0.05) is 51.2 Å². The SMILES string of the molecule is CCN1CCN(CCCNC(=O)[C@@H]2[C@H](c3cc(OC)c(OC)c(OC)c3)c3cc4c(cc3[C@H](O)[C@H]2CO)OCO4)CC1. The Hall–Kier alpha value is -3.25. The van der Waals surface area contributed by atoms with E-state index < -0.39 is 23.9 Å². The molecule has 230 valence electrons. The molecule has 0 saturated carbocycles. The van der Waals surface area contributed by atoms with Crippen LogP contribution in [0.3, 0.4) is 0 Å². The summed E-state index contributed by atoms with van der Waals surface area (Å²) in [6, 6.07) is 7.23. The Kier molecular flexibility index (Phi) is 9.62.